The molecule has 0 bridgehead atoms. The lowest BCUT2D eigenvalue weighted by Gasteiger charge is -2.20. The molecule has 2 nitrogen and oxygen atoms in total. The molecule has 0 aliphatic heterocycles. The molecule has 0 amide bonds. The second-order valence-electron chi connectivity index (χ2n) is 6.10. The van der Waals surface area contributed by atoms with E-state index in [0.29, 0.717) is 0 Å². The van der Waals surface area contributed by atoms with Crippen LogP contribution >= 0.6 is 15.9 Å². The molecule has 0 atom stereocenters. The highest BCUT2D eigenvalue weighted by Gasteiger charge is 2.07. The number of hydrogen-bond donors (Lipinski definition) is 1. The van der Waals surface area contributed by atoms with Crippen molar-refractivity contribution in [1.82, 2.24) is 9.88 Å². The molecule has 0 saturated heterocycles. The lowest BCUT2D eigenvalue weighted by molar-refractivity contribution is 0.415. The minimum Gasteiger partial charge on any atom is -0.347 e. The summed E-state index contributed by atoms with van der Waals surface area (Å²) >= 11 is 3.52. The standard InChI is InChI=1S/C16H23BrN2/c1-16(2,3)18-9-4-5-10-19-11-8-13-12-14(17)6-7-15(13)19/h6-8,11-12,18H,4-5,9-10H2,1-3H3. The van der Waals surface area contributed by atoms with Crippen molar-refractivity contribution < 1.29 is 0 Å². The quantitative estimate of drug-likeness (QED) is 0.798. The Hall–Kier alpha value is -0.800. The van der Waals surface area contributed by atoms with Crippen LogP contribution in [-0.2, 0) is 6.54 Å². The molecule has 2 rings (SSSR count). The Balaban J connectivity index is 1.85. The zero-order valence-corrected chi connectivity index (χ0v) is 13.6. The fourth-order valence-electron chi connectivity index (χ4n) is 2.24. The normalized spacial score (nSPS) is 12.2. The molecule has 1 aromatic heterocycles. The van der Waals surface area contributed by atoms with E-state index >= 15 is 0 Å². The fraction of sp³-hybridized carbons (Fsp3) is 0.500. The average Bonchev–Trinajstić information content (AvgIpc) is 2.69. The Morgan fingerprint density at radius 2 is 1.95 bits per heavy atom. The van der Waals surface area contributed by atoms with Gasteiger partial charge in [-0.2, -0.15) is 0 Å². The van der Waals surface area contributed by atoms with Crippen LogP contribution in [0.25, 0.3) is 10.9 Å². The van der Waals surface area contributed by atoms with Gasteiger partial charge >= 0.3 is 0 Å². The number of halogens is 1. The second-order valence-corrected chi connectivity index (χ2v) is 7.01. The van der Waals surface area contributed by atoms with Crippen LogP contribution in [0, 0.1) is 0 Å². The van der Waals surface area contributed by atoms with Gasteiger partial charge < -0.3 is 9.88 Å². The number of aromatic nitrogens is 1. The third-order valence-corrected chi connectivity index (χ3v) is 3.71. The van der Waals surface area contributed by atoms with Crippen LogP contribution < -0.4 is 5.32 Å². The number of unbranched alkanes of at least 4 members (excludes halogenated alkanes) is 1. The van der Waals surface area contributed by atoms with Gasteiger partial charge in [-0.25, -0.2) is 0 Å². The first kappa shape index (κ1) is 14.6. The molecule has 19 heavy (non-hydrogen) atoms. The Kier molecular flexibility index (Phi) is 4.69. The molecule has 0 fully saturated rings. The summed E-state index contributed by atoms with van der Waals surface area (Å²) in [6.45, 7) is 8.82. The summed E-state index contributed by atoms with van der Waals surface area (Å²) in [5, 5.41) is 4.84. The van der Waals surface area contributed by atoms with Crippen LogP contribution in [0.4, 0.5) is 0 Å². The minimum atomic E-state index is 0.229. The Labute approximate surface area is 124 Å². The van der Waals surface area contributed by atoms with Crippen LogP contribution in [-0.4, -0.2) is 16.7 Å². The third-order valence-electron chi connectivity index (χ3n) is 3.21. The van der Waals surface area contributed by atoms with Crippen LogP contribution in [0.1, 0.15) is 33.6 Å². The molecule has 1 heterocycles. The molecular weight excluding hydrogens is 300 g/mol. The maximum absolute atomic E-state index is 3.53. The summed E-state index contributed by atoms with van der Waals surface area (Å²) in [6, 6.07) is 8.66. The van der Waals surface area contributed by atoms with Crippen molar-refractivity contribution in [2.24, 2.45) is 0 Å². The summed E-state index contributed by atoms with van der Waals surface area (Å²) in [4.78, 5) is 0. The Bertz CT molecular complexity index is 537. The van der Waals surface area contributed by atoms with Crippen LogP contribution in [0.2, 0.25) is 0 Å². The first-order valence-electron chi connectivity index (χ1n) is 6.95. The zero-order chi connectivity index (χ0) is 13.9. The molecule has 0 aliphatic rings. The molecule has 1 aromatic carbocycles. The SMILES string of the molecule is CC(C)(C)NCCCCn1ccc2cc(Br)ccc21. The minimum absolute atomic E-state index is 0.229. The van der Waals surface area contributed by atoms with Gasteiger partial charge in [-0.3, -0.25) is 0 Å². The summed E-state index contributed by atoms with van der Waals surface area (Å²) in [5.74, 6) is 0. The molecule has 104 valence electrons. The lowest BCUT2D eigenvalue weighted by Crippen LogP contribution is -2.36. The average molecular weight is 323 g/mol. The number of hydrogen-bond acceptors (Lipinski definition) is 1. The van der Waals surface area contributed by atoms with Gasteiger partial charge in [-0.05, 0) is 64.4 Å². The smallest absolute Gasteiger partial charge is 0.0481 e. The first-order valence-corrected chi connectivity index (χ1v) is 7.74. The van der Waals surface area contributed by atoms with Gasteiger partial charge in [0.05, 0.1) is 0 Å². The topological polar surface area (TPSA) is 17.0 Å². The van der Waals surface area contributed by atoms with Crippen molar-refractivity contribution in [2.45, 2.75) is 45.7 Å². The van der Waals surface area contributed by atoms with E-state index in [-0.39, 0.29) is 5.54 Å². The Morgan fingerprint density at radius 1 is 1.16 bits per heavy atom. The highest BCUT2D eigenvalue weighted by atomic mass is 79.9. The summed E-state index contributed by atoms with van der Waals surface area (Å²) < 4.78 is 3.49. The molecular formula is C16H23BrN2. The largest absolute Gasteiger partial charge is 0.347 e. The molecule has 1 N–H and O–H groups in total. The molecule has 0 saturated carbocycles. The number of rotatable bonds is 5. The number of nitrogens with one attached hydrogen (secondary N) is 1. The lowest BCUT2D eigenvalue weighted by atomic mass is 10.1. The fourth-order valence-corrected chi connectivity index (χ4v) is 2.62. The van der Waals surface area contributed by atoms with Gasteiger partial charge in [-0.15, -0.1) is 0 Å². The van der Waals surface area contributed by atoms with E-state index in [4.69, 9.17) is 0 Å². The van der Waals surface area contributed by atoms with Gasteiger partial charge in [-0.1, -0.05) is 15.9 Å². The summed E-state index contributed by atoms with van der Waals surface area (Å²) in [6.07, 6.45) is 4.62. The van der Waals surface area contributed by atoms with E-state index in [9.17, 15) is 0 Å². The molecule has 2 aromatic rings. The van der Waals surface area contributed by atoms with Crippen molar-refractivity contribution in [1.29, 1.82) is 0 Å². The van der Waals surface area contributed by atoms with Gasteiger partial charge in [0.2, 0.25) is 0 Å². The molecule has 0 unspecified atom stereocenters. The zero-order valence-electron chi connectivity index (χ0n) is 12.0. The Morgan fingerprint density at radius 3 is 2.68 bits per heavy atom. The number of nitrogens with zero attached hydrogens (tertiary/aromatic N) is 1. The van der Waals surface area contributed by atoms with Crippen molar-refractivity contribution in [2.75, 3.05) is 6.54 Å². The van der Waals surface area contributed by atoms with E-state index in [1.54, 1.807) is 0 Å². The predicted octanol–water partition coefficient (Wildman–Crippen LogP) is 4.57. The van der Waals surface area contributed by atoms with Gasteiger partial charge in [0, 0.05) is 33.7 Å². The van der Waals surface area contributed by atoms with Crippen LogP contribution in [0.5, 0.6) is 0 Å². The highest BCUT2D eigenvalue weighted by molar-refractivity contribution is 9.10. The van der Waals surface area contributed by atoms with Crippen LogP contribution in [0.15, 0.2) is 34.9 Å². The van der Waals surface area contributed by atoms with E-state index < -0.39 is 0 Å². The van der Waals surface area contributed by atoms with Gasteiger partial charge in [0.25, 0.3) is 0 Å². The third kappa shape index (κ3) is 4.36. The van der Waals surface area contributed by atoms with Crippen molar-refractivity contribution in [3.8, 4) is 0 Å². The maximum atomic E-state index is 3.53. The van der Waals surface area contributed by atoms with Crippen molar-refractivity contribution in [3.05, 3.63) is 34.9 Å². The van der Waals surface area contributed by atoms with Gasteiger partial charge in [0.1, 0.15) is 0 Å². The second kappa shape index (κ2) is 6.10. The van der Waals surface area contributed by atoms with E-state index in [1.165, 1.54) is 23.7 Å². The van der Waals surface area contributed by atoms with E-state index in [1.807, 2.05) is 0 Å². The predicted molar refractivity (Wildman–Crippen MR) is 86.6 cm³/mol. The van der Waals surface area contributed by atoms with Gasteiger partial charge in [0.15, 0.2) is 0 Å². The molecule has 0 spiro atoms. The molecule has 3 heteroatoms. The maximum Gasteiger partial charge on any atom is 0.0481 e. The summed E-state index contributed by atoms with van der Waals surface area (Å²) in [7, 11) is 0. The van der Waals surface area contributed by atoms with Crippen LogP contribution in [0.3, 0.4) is 0 Å². The highest BCUT2D eigenvalue weighted by Crippen LogP contribution is 2.21. The van der Waals surface area contributed by atoms with Crippen molar-refractivity contribution >= 4 is 26.8 Å². The number of benzene rings is 1. The number of aryl methyl sites for hydroxylation is 1. The van der Waals surface area contributed by atoms with Crippen molar-refractivity contribution in [3.63, 3.8) is 0 Å². The van der Waals surface area contributed by atoms with E-state index in [0.717, 1.165) is 17.6 Å². The first-order chi connectivity index (χ1) is 8.96. The molecule has 0 radical (unpaired) electrons. The van der Waals surface area contributed by atoms with E-state index in [2.05, 4.69) is 77.0 Å². The molecule has 0 aliphatic carbocycles. The summed E-state index contributed by atoms with van der Waals surface area (Å²) in [5.41, 5.74) is 1.55. The number of fused-ring (bicyclic) bond motifs is 1. The monoisotopic (exact) mass is 322 g/mol.